The van der Waals surface area contributed by atoms with Crippen LogP contribution in [0.1, 0.15) is 24.9 Å². The summed E-state index contributed by atoms with van der Waals surface area (Å²) in [6, 6.07) is 9.12. The van der Waals surface area contributed by atoms with E-state index in [0.717, 1.165) is 12.0 Å². The predicted octanol–water partition coefficient (Wildman–Crippen LogP) is 1.11. The molecule has 1 aliphatic rings. The molecule has 2 amide bonds. The summed E-state index contributed by atoms with van der Waals surface area (Å²) in [6.45, 7) is 2.55. The topological polar surface area (TPSA) is 58.6 Å². The molecule has 2 atom stereocenters. The van der Waals surface area contributed by atoms with E-state index in [4.69, 9.17) is 4.74 Å². The van der Waals surface area contributed by atoms with Crippen LogP contribution in [0.25, 0.3) is 0 Å². The van der Waals surface area contributed by atoms with Gasteiger partial charge in [0.05, 0.1) is 6.04 Å². The quantitative estimate of drug-likeness (QED) is 0.896. The summed E-state index contributed by atoms with van der Waals surface area (Å²) >= 11 is 0. The molecule has 1 heterocycles. The van der Waals surface area contributed by atoms with Crippen LogP contribution in [0, 0.1) is 0 Å². The summed E-state index contributed by atoms with van der Waals surface area (Å²) < 4.78 is 5.48. The highest BCUT2D eigenvalue weighted by atomic mass is 16.5. The monoisotopic (exact) mass is 276 g/mol. The third-order valence-corrected chi connectivity index (χ3v) is 3.43. The van der Waals surface area contributed by atoms with E-state index in [2.05, 4.69) is 5.32 Å². The van der Waals surface area contributed by atoms with E-state index >= 15 is 0 Å². The first kappa shape index (κ1) is 14.5. The molecule has 5 nitrogen and oxygen atoms in total. The van der Waals surface area contributed by atoms with Crippen molar-refractivity contribution in [2.75, 3.05) is 20.2 Å². The number of carbonyl (C=O) groups excluding carboxylic acids is 2. The number of amides is 2. The smallest absolute Gasteiger partial charge is 0.251 e. The minimum atomic E-state index is -0.661. The Bertz CT molecular complexity index is 475. The minimum Gasteiger partial charge on any atom is -0.356 e. The molecule has 0 saturated carbocycles. The molecule has 1 fully saturated rings. The van der Waals surface area contributed by atoms with Crippen LogP contribution in [0.3, 0.4) is 0 Å². The predicted molar refractivity (Wildman–Crippen MR) is 75.0 cm³/mol. The number of morpholine rings is 1. The molecule has 0 aromatic heterocycles. The van der Waals surface area contributed by atoms with Gasteiger partial charge in [0.15, 0.2) is 6.10 Å². The number of benzene rings is 1. The second-order valence-electron chi connectivity index (χ2n) is 4.88. The summed E-state index contributed by atoms with van der Waals surface area (Å²) in [5.41, 5.74) is 0.902. The second-order valence-corrected chi connectivity index (χ2v) is 4.88. The van der Waals surface area contributed by atoms with Crippen LogP contribution >= 0.6 is 0 Å². The van der Waals surface area contributed by atoms with Gasteiger partial charge in [-0.05, 0) is 12.0 Å². The van der Waals surface area contributed by atoms with Crippen molar-refractivity contribution in [1.29, 1.82) is 0 Å². The third-order valence-electron chi connectivity index (χ3n) is 3.43. The van der Waals surface area contributed by atoms with Crippen molar-refractivity contribution in [2.45, 2.75) is 25.5 Å². The Morgan fingerprint density at radius 2 is 2.10 bits per heavy atom. The van der Waals surface area contributed by atoms with Crippen LogP contribution < -0.4 is 5.32 Å². The molecule has 0 spiro atoms. The zero-order chi connectivity index (χ0) is 14.5. The van der Waals surface area contributed by atoms with Crippen LogP contribution in [0.15, 0.2) is 30.3 Å². The van der Waals surface area contributed by atoms with E-state index in [-0.39, 0.29) is 24.5 Å². The lowest BCUT2D eigenvalue weighted by atomic mass is 9.97. The molecular formula is C15H20N2O3. The fourth-order valence-corrected chi connectivity index (χ4v) is 2.33. The zero-order valence-corrected chi connectivity index (χ0v) is 11.8. The molecule has 1 aliphatic heterocycles. The average molecular weight is 276 g/mol. The number of likely N-dealkylation sites (N-methyl/N-ethyl adjacent to an activating group) is 1. The molecule has 0 bridgehead atoms. The van der Waals surface area contributed by atoms with Gasteiger partial charge in [-0.3, -0.25) is 9.59 Å². The van der Waals surface area contributed by atoms with Gasteiger partial charge in [-0.15, -0.1) is 0 Å². The molecule has 1 aromatic rings. The van der Waals surface area contributed by atoms with E-state index in [0.29, 0.717) is 6.54 Å². The Kier molecular flexibility index (Phi) is 4.74. The largest absolute Gasteiger partial charge is 0.356 e. The lowest BCUT2D eigenvalue weighted by molar-refractivity contribution is -0.162. The van der Waals surface area contributed by atoms with Gasteiger partial charge in [0.2, 0.25) is 5.91 Å². The van der Waals surface area contributed by atoms with Crippen LogP contribution in [0.5, 0.6) is 0 Å². The van der Waals surface area contributed by atoms with Gasteiger partial charge in [0.25, 0.3) is 5.91 Å². The van der Waals surface area contributed by atoms with Crippen molar-refractivity contribution >= 4 is 11.8 Å². The fraction of sp³-hybridized carbons (Fsp3) is 0.467. The van der Waals surface area contributed by atoms with Crippen LogP contribution in [0.2, 0.25) is 0 Å². The maximum Gasteiger partial charge on any atom is 0.251 e. The van der Waals surface area contributed by atoms with Gasteiger partial charge < -0.3 is 15.0 Å². The number of rotatable bonds is 4. The Labute approximate surface area is 118 Å². The van der Waals surface area contributed by atoms with Crippen molar-refractivity contribution in [1.82, 2.24) is 10.2 Å². The normalized spacial score (nSPS) is 22.7. The molecule has 2 rings (SSSR count). The van der Waals surface area contributed by atoms with E-state index in [1.165, 1.54) is 0 Å². The zero-order valence-electron chi connectivity index (χ0n) is 11.8. The number of carbonyl (C=O) groups is 2. The number of nitrogens with one attached hydrogen (secondary N) is 1. The van der Waals surface area contributed by atoms with Crippen molar-refractivity contribution in [2.24, 2.45) is 0 Å². The molecule has 0 aliphatic carbocycles. The Morgan fingerprint density at radius 1 is 1.40 bits per heavy atom. The molecule has 1 aromatic carbocycles. The van der Waals surface area contributed by atoms with Crippen LogP contribution in [-0.2, 0) is 14.3 Å². The third kappa shape index (κ3) is 2.99. The van der Waals surface area contributed by atoms with Gasteiger partial charge in [0, 0.05) is 13.6 Å². The minimum absolute atomic E-state index is 0.0515. The van der Waals surface area contributed by atoms with Crippen molar-refractivity contribution in [3.05, 3.63) is 35.9 Å². The maximum atomic E-state index is 12.2. The first-order valence-corrected chi connectivity index (χ1v) is 6.85. The number of hydrogen-bond donors (Lipinski definition) is 1. The second kappa shape index (κ2) is 6.52. The lowest BCUT2D eigenvalue weighted by Crippen LogP contribution is -2.53. The summed E-state index contributed by atoms with van der Waals surface area (Å²) in [7, 11) is 1.71. The van der Waals surface area contributed by atoms with Gasteiger partial charge in [-0.25, -0.2) is 0 Å². The molecule has 108 valence electrons. The molecule has 0 unspecified atom stereocenters. The van der Waals surface area contributed by atoms with Crippen LogP contribution in [0.4, 0.5) is 0 Å². The standard InChI is InChI=1S/C15H20N2O3/c1-3-9-16-15(19)14-13(11-7-5-4-6-8-11)17(2)12(18)10-20-14/h4-8,13-14H,3,9-10H2,1-2H3,(H,16,19)/t13-,14-/m1/s1. The van der Waals surface area contributed by atoms with Gasteiger partial charge in [0.1, 0.15) is 6.61 Å². The molecule has 0 radical (unpaired) electrons. The van der Waals surface area contributed by atoms with Gasteiger partial charge in [-0.2, -0.15) is 0 Å². The van der Waals surface area contributed by atoms with E-state index in [1.54, 1.807) is 11.9 Å². The van der Waals surface area contributed by atoms with Crippen molar-refractivity contribution in [3.63, 3.8) is 0 Å². The molecule has 1 saturated heterocycles. The maximum absolute atomic E-state index is 12.2. The Hall–Kier alpha value is -1.88. The van der Waals surface area contributed by atoms with Crippen molar-refractivity contribution < 1.29 is 14.3 Å². The first-order chi connectivity index (χ1) is 9.65. The fourth-order valence-electron chi connectivity index (χ4n) is 2.33. The average Bonchev–Trinajstić information content (AvgIpc) is 2.48. The van der Waals surface area contributed by atoms with E-state index < -0.39 is 6.10 Å². The lowest BCUT2D eigenvalue weighted by Gasteiger charge is -2.38. The van der Waals surface area contributed by atoms with Crippen LogP contribution in [-0.4, -0.2) is 43.0 Å². The highest BCUT2D eigenvalue weighted by Crippen LogP contribution is 2.28. The summed E-state index contributed by atoms with van der Waals surface area (Å²) in [6.07, 6.45) is 0.204. The van der Waals surface area contributed by atoms with Gasteiger partial charge in [-0.1, -0.05) is 37.3 Å². The Morgan fingerprint density at radius 3 is 2.75 bits per heavy atom. The molecular weight excluding hydrogens is 256 g/mol. The first-order valence-electron chi connectivity index (χ1n) is 6.85. The molecule has 20 heavy (non-hydrogen) atoms. The summed E-state index contributed by atoms with van der Waals surface area (Å²) in [5, 5.41) is 2.84. The number of nitrogens with zero attached hydrogens (tertiary/aromatic N) is 1. The summed E-state index contributed by atoms with van der Waals surface area (Å²) in [5.74, 6) is -0.279. The number of ether oxygens (including phenoxy) is 1. The molecule has 1 N–H and O–H groups in total. The SMILES string of the molecule is CCCNC(=O)[C@@H]1OCC(=O)N(C)[C@@H]1c1ccccc1. The molecule has 5 heteroatoms. The highest BCUT2D eigenvalue weighted by Gasteiger charge is 2.39. The Balaban J connectivity index is 2.24. The van der Waals surface area contributed by atoms with E-state index in [1.807, 2.05) is 37.3 Å². The highest BCUT2D eigenvalue weighted by molar-refractivity contribution is 5.86. The van der Waals surface area contributed by atoms with Gasteiger partial charge >= 0.3 is 0 Å². The van der Waals surface area contributed by atoms with Crippen molar-refractivity contribution in [3.8, 4) is 0 Å². The van der Waals surface area contributed by atoms with E-state index in [9.17, 15) is 9.59 Å². The summed E-state index contributed by atoms with van der Waals surface area (Å²) in [4.78, 5) is 25.6. The number of hydrogen-bond acceptors (Lipinski definition) is 3.